The van der Waals surface area contributed by atoms with Gasteiger partial charge in [0, 0.05) is 16.8 Å². The van der Waals surface area contributed by atoms with Crippen molar-refractivity contribution in [2.45, 2.75) is 5.41 Å². The fraction of sp³-hybridized carbons (Fsp3) is 0.0182. The molecule has 0 aromatic heterocycles. The van der Waals surface area contributed by atoms with Crippen LogP contribution in [0.25, 0.3) is 44.7 Å². The molecule has 2 aliphatic carbocycles. The van der Waals surface area contributed by atoms with Crippen molar-refractivity contribution in [2.24, 2.45) is 0 Å². The van der Waals surface area contributed by atoms with Gasteiger partial charge in [-0.05, 0) is 115 Å². The zero-order valence-corrected chi connectivity index (χ0v) is 30.8. The van der Waals surface area contributed by atoms with E-state index in [1.54, 1.807) is 0 Å². The van der Waals surface area contributed by atoms with E-state index in [1.165, 1.54) is 83.2 Å². The fourth-order valence-electron chi connectivity index (χ4n) is 9.58. The van der Waals surface area contributed by atoms with Crippen LogP contribution in [0.5, 0.6) is 0 Å². The molecule has 0 radical (unpaired) electrons. The van der Waals surface area contributed by atoms with E-state index in [1.807, 2.05) is 0 Å². The van der Waals surface area contributed by atoms with Crippen LogP contribution >= 0.6 is 0 Å². The fourth-order valence-corrected chi connectivity index (χ4v) is 9.58. The SMILES string of the molecule is C(=C(\c1ccccc1)c1ccc2c(c1)C1(c3ccccc3-c3ccccc31)c1cc(N(c3ccccc3)c3ccccc3)c3ccccc3c1-2)/c1ccccc1. The molecule has 0 unspecified atom stereocenters. The minimum Gasteiger partial charge on any atom is -0.310 e. The van der Waals surface area contributed by atoms with Crippen molar-refractivity contribution in [1.82, 2.24) is 0 Å². The van der Waals surface area contributed by atoms with E-state index in [9.17, 15) is 0 Å². The Morgan fingerprint density at radius 3 is 1.52 bits per heavy atom. The monoisotopic (exact) mass is 711 g/mol. The summed E-state index contributed by atoms with van der Waals surface area (Å²) in [6.45, 7) is 0. The molecule has 9 aromatic rings. The zero-order chi connectivity index (χ0) is 37.1. The molecule has 11 rings (SSSR count). The van der Waals surface area contributed by atoms with Crippen LogP contribution < -0.4 is 4.90 Å². The van der Waals surface area contributed by atoms with Gasteiger partial charge < -0.3 is 4.90 Å². The van der Waals surface area contributed by atoms with Crippen molar-refractivity contribution in [3.8, 4) is 22.3 Å². The predicted octanol–water partition coefficient (Wildman–Crippen LogP) is 14.2. The summed E-state index contributed by atoms with van der Waals surface area (Å²) in [5.74, 6) is 0. The minimum absolute atomic E-state index is 0.541. The molecule has 262 valence electrons. The summed E-state index contributed by atoms with van der Waals surface area (Å²) in [5.41, 5.74) is 18.2. The first kappa shape index (κ1) is 32.2. The van der Waals surface area contributed by atoms with Gasteiger partial charge in [-0.25, -0.2) is 0 Å². The van der Waals surface area contributed by atoms with Crippen LogP contribution in [0, 0.1) is 0 Å². The van der Waals surface area contributed by atoms with Crippen LogP contribution in [0.15, 0.2) is 218 Å². The van der Waals surface area contributed by atoms with Gasteiger partial charge in [-0.15, -0.1) is 0 Å². The lowest BCUT2D eigenvalue weighted by Crippen LogP contribution is -2.26. The van der Waals surface area contributed by atoms with Gasteiger partial charge in [0.15, 0.2) is 0 Å². The number of para-hydroxylation sites is 2. The second-order valence-corrected chi connectivity index (χ2v) is 14.8. The highest BCUT2D eigenvalue weighted by Crippen LogP contribution is 2.65. The van der Waals surface area contributed by atoms with E-state index in [0.717, 1.165) is 11.4 Å². The van der Waals surface area contributed by atoms with E-state index in [-0.39, 0.29) is 0 Å². The van der Waals surface area contributed by atoms with Gasteiger partial charge in [0.2, 0.25) is 0 Å². The van der Waals surface area contributed by atoms with Crippen LogP contribution in [0.1, 0.15) is 38.9 Å². The van der Waals surface area contributed by atoms with Crippen molar-refractivity contribution in [2.75, 3.05) is 4.90 Å². The van der Waals surface area contributed by atoms with Crippen molar-refractivity contribution >= 4 is 39.5 Å². The molecule has 1 nitrogen and oxygen atoms in total. The Morgan fingerprint density at radius 1 is 0.375 bits per heavy atom. The van der Waals surface area contributed by atoms with Crippen LogP contribution in [0.4, 0.5) is 17.1 Å². The van der Waals surface area contributed by atoms with Crippen molar-refractivity contribution in [3.05, 3.63) is 257 Å². The Balaban J connectivity index is 1.27. The summed E-state index contributed by atoms with van der Waals surface area (Å²) < 4.78 is 0. The average Bonchev–Trinajstić information content (AvgIpc) is 3.74. The molecule has 0 N–H and O–H groups in total. The first-order valence-corrected chi connectivity index (χ1v) is 19.4. The molecule has 9 aromatic carbocycles. The summed E-state index contributed by atoms with van der Waals surface area (Å²) in [7, 11) is 0. The molecular weight excluding hydrogens is 675 g/mol. The van der Waals surface area contributed by atoms with Crippen LogP contribution in [-0.2, 0) is 5.41 Å². The zero-order valence-electron chi connectivity index (χ0n) is 30.8. The second-order valence-electron chi connectivity index (χ2n) is 14.8. The second kappa shape index (κ2) is 13.0. The number of hydrogen-bond donors (Lipinski definition) is 0. The number of benzene rings is 9. The molecule has 0 aliphatic heterocycles. The van der Waals surface area contributed by atoms with Crippen LogP contribution in [-0.4, -0.2) is 0 Å². The summed E-state index contributed by atoms with van der Waals surface area (Å²) in [6.07, 6.45) is 2.34. The molecular formula is C55H37N. The average molecular weight is 712 g/mol. The lowest BCUT2D eigenvalue weighted by Gasteiger charge is -2.33. The Morgan fingerprint density at radius 2 is 0.893 bits per heavy atom. The lowest BCUT2D eigenvalue weighted by atomic mass is 9.70. The molecule has 0 amide bonds. The molecule has 56 heavy (non-hydrogen) atoms. The highest BCUT2D eigenvalue weighted by Gasteiger charge is 2.52. The molecule has 0 heterocycles. The summed E-state index contributed by atoms with van der Waals surface area (Å²) in [5, 5.41) is 2.48. The van der Waals surface area contributed by atoms with Gasteiger partial charge in [-0.2, -0.15) is 0 Å². The van der Waals surface area contributed by atoms with Crippen molar-refractivity contribution in [3.63, 3.8) is 0 Å². The third kappa shape index (κ3) is 4.81. The molecule has 0 fully saturated rings. The maximum Gasteiger partial charge on any atom is 0.0726 e. The summed E-state index contributed by atoms with van der Waals surface area (Å²) in [4.78, 5) is 2.44. The first-order valence-electron chi connectivity index (χ1n) is 19.4. The highest BCUT2D eigenvalue weighted by atomic mass is 15.1. The Kier molecular flexibility index (Phi) is 7.47. The number of fused-ring (bicyclic) bond motifs is 12. The summed E-state index contributed by atoms with van der Waals surface area (Å²) >= 11 is 0. The van der Waals surface area contributed by atoms with Crippen molar-refractivity contribution < 1.29 is 0 Å². The Bertz CT molecular complexity index is 2860. The Hall–Kier alpha value is -7.22. The van der Waals surface area contributed by atoms with Gasteiger partial charge in [-0.3, -0.25) is 0 Å². The van der Waals surface area contributed by atoms with E-state index in [0.29, 0.717) is 0 Å². The van der Waals surface area contributed by atoms with E-state index in [2.05, 4.69) is 229 Å². The van der Waals surface area contributed by atoms with Gasteiger partial charge in [0.05, 0.1) is 11.1 Å². The maximum absolute atomic E-state index is 2.52. The maximum atomic E-state index is 2.52. The third-order valence-electron chi connectivity index (χ3n) is 11.8. The predicted molar refractivity (Wildman–Crippen MR) is 235 cm³/mol. The van der Waals surface area contributed by atoms with Crippen LogP contribution in [0.3, 0.4) is 0 Å². The number of anilines is 3. The van der Waals surface area contributed by atoms with E-state index in [4.69, 9.17) is 0 Å². The number of rotatable bonds is 6. The lowest BCUT2D eigenvalue weighted by molar-refractivity contribution is 0.794. The quantitative estimate of drug-likeness (QED) is 0.155. The van der Waals surface area contributed by atoms with Gasteiger partial charge in [0.1, 0.15) is 0 Å². The van der Waals surface area contributed by atoms with Gasteiger partial charge in [0.25, 0.3) is 0 Å². The van der Waals surface area contributed by atoms with E-state index < -0.39 is 5.41 Å². The molecule has 2 aliphatic rings. The normalized spacial score (nSPS) is 13.2. The topological polar surface area (TPSA) is 3.24 Å². The van der Waals surface area contributed by atoms with Gasteiger partial charge >= 0.3 is 0 Å². The third-order valence-corrected chi connectivity index (χ3v) is 11.8. The number of hydrogen-bond acceptors (Lipinski definition) is 1. The molecule has 1 heteroatoms. The van der Waals surface area contributed by atoms with E-state index >= 15 is 0 Å². The summed E-state index contributed by atoms with van der Waals surface area (Å²) in [6, 6.07) is 80.2. The highest BCUT2D eigenvalue weighted by molar-refractivity contribution is 6.12. The molecule has 1 spiro atoms. The Labute approximate surface area is 328 Å². The smallest absolute Gasteiger partial charge is 0.0726 e. The number of nitrogens with zero attached hydrogens (tertiary/aromatic N) is 1. The molecule has 0 bridgehead atoms. The first-order chi connectivity index (χ1) is 27.8. The largest absolute Gasteiger partial charge is 0.310 e. The van der Waals surface area contributed by atoms with Crippen LogP contribution in [0.2, 0.25) is 0 Å². The molecule has 0 atom stereocenters. The minimum atomic E-state index is -0.541. The molecule has 0 saturated heterocycles. The standard InChI is InChI=1S/C55H37N/c1-5-19-38(20-6-1)35-48(39-21-7-2-8-22-39)40-33-34-47-51(36-40)55(49-31-17-15-27-43(49)44-28-16-18-32-50(44)55)52-37-53(45-29-13-14-30-46(45)54(47)52)56(41-23-9-3-10-24-41)42-25-11-4-12-26-42/h1-37H/b48-35-. The molecule has 0 saturated carbocycles. The van der Waals surface area contributed by atoms with Crippen molar-refractivity contribution in [1.29, 1.82) is 0 Å². The van der Waals surface area contributed by atoms with Gasteiger partial charge in [-0.1, -0.05) is 182 Å².